The fourth-order valence-corrected chi connectivity index (χ4v) is 1.42. The molecule has 0 spiro atoms. The maximum Gasteiger partial charge on any atom is 0.222 e. The number of anilines is 2. The fraction of sp³-hybridized carbons (Fsp3) is 0.375. The van der Waals surface area contributed by atoms with Gasteiger partial charge in [0.15, 0.2) is 5.82 Å². The van der Waals surface area contributed by atoms with Crippen LogP contribution in [0.15, 0.2) is 12.4 Å². The summed E-state index contributed by atoms with van der Waals surface area (Å²) in [5.41, 5.74) is 2.40. The second-order valence-electron chi connectivity index (χ2n) is 3.28. The highest BCUT2D eigenvalue weighted by atomic mass is 16.1. The van der Waals surface area contributed by atoms with Gasteiger partial charge in [0.25, 0.3) is 0 Å². The third kappa shape index (κ3) is 2.32. The lowest BCUT2D eigenvalue weighted by Gasteiger charge is -2.10. The molecule has 1 aromatic heterocycles. The number of nitrogen functional groups attached to an aromatic ring is 1. The molecule has 1 aliphatic heterocycles. The molecule has 2 heterocycles. The zero-order chi connectivity index (χ0) is 10.7. The molecule has 1 aliphatic rings. The third-order valence-corrected chi connectivity index (χ3v) is 2.11. The van der Waals surface area contributed by atoms with E-state index in [-0.39, 0.29) is 11.9 Å². The van der Waals surface area contributed by atoms with Crippen molar-refractivity contribution in [2.45, 2.75) is 12.5 Å². The molecule has 5 N–H and O–H groups in total. The van der Waals surface area contributed by atoms with Gasteiger partial charge in [0.05, 0.1) is 18.4 Å². The van der Waals surface area contributed by atoms with Gasteiger partial charge in [0, 0.05) is 13.0 Å². The normalized spacial score (nSPS) is 19.8. The molecule has 0 saturated carbocycles. The van der Waals surface area contributed by atoms with Gasteiger partial charge in [0.2, 0.25) is 5.91 Å². The minimum Gasteiger partial charge on any atom is -0.364 e. The first-order chi connectivity index (χ1) is 7.28. The van der Waals surface area contributed by atoms with E-state index in [1.54, 1.807) is 6.20 Å². The Bertz CT molecular complexity index is 368. The van der Waals surface area contributed by atoms with Crippen molar-refractivity contribution in [3.8, 4) is 0 Å². The molecule has 0 aliphatic carbocycles. The number of rotatable bonds is 3. The van der Waals surface area contributed by atoms with Gasteiger partial charge in [0.1, 0.15) is 5.82 Å². The lowest BCUT2D eigenvalue weighted by Crippen LogP contribution is -2.23. The predicted octanol–water partition coefficient (Wildman–Crippen LogP) is -0.937. The van der Waals surface area contributed by atoms with Crippen molar-refractivity contribution in [3.05, 3.63) is 12.4 Å². The number of nitrogens with zero attached hydrogens (tertiary/aromatic N) is 2. The third-order valence-electron chi connectivity index (χ3n) is 2.11. The highest BCUT2D eigenvalue weighted by Gasteiger charge is 2.21. The summed E-state index contributed by atoms with van der Waals surface area (Å²) in [6.07, 6.45) is 3.56. The summed E-state index contributed by atoms with van der Waals surface area (Å²) in [4.78, 5) is 19.0. The van der Waals surface area contributed by atoms with E-state index in [1.807, 2.05) is 0 Å². The largest absolute Gasteiger partial charge is 0.364 e. The Morgan fingerprint density at radius 3 is 2.93 bits per heavy atom. The highest BCUT2D eigenvalue weighted by molar-refractivity contribution is 5.79. The molecule has 80 valence electrons. The van der Waals surface area contributed by atoms with Crippen LogP contribution in [0.3, 0.4) is 0 Å². The lowest BCUT2D eigenvalue weighted by molar-refractivity contribution is -0.119. The van der Waals surface area contributed by atoms with Gasteiger partial charge in [-0.1, -0.05) is 0 Å². The second kappa shape index (κ2) is 4.09. The zero-order valence-electron chi connectivity index (χ0n) is 8.03. The average molecular weight is 208 g/mol. The van der Waals surface area contributed by atoms with Crippen molar-refractivity contribution in [2.24, 2.45) is 5.84 Å². The summed E-state index contributed by atoms with van der Waals surface area (Å²) >= 11 is 0. The standard InChI is InChI=1S/C8H12N6O/c9-14-7-4-10-3-6(13-7)12-5-1-8(15)11-2-5/h3-5H,1-2,9H2,(H,11,15)(H2,12,13,14). The van der Waals surface area contributed by atoms with Crippen molar-refractivity contribution < 1.29 is 4.79 Å². The summed E-state index contributed by atoms with van der Waals surface area (Å²) in [7, 11) is 0. The Kier molecular flexibility index (Phi) is 2.64. The molecule has 1 atom stereocenters. The molecule has 7 nitrogen and oxygen atoms in total. The van der Waals surface area contributed by atoms with E-state index in [4.69, 9.17) is 5.84 Å². The number of hydrogen-bond acceptors (Lipinski definition) is 6. The molecule has 0 aromatic carbocycles. The molecule has 1 unspecified atom stereocenters. The van der Waals surface area contributed by atoms with E-state index < -0.39 is 0 Å². The number of nitrogens with two attached hydrogens (primary N) is 1. The molecule has 2 rings (SSSR count). The molecule has 1 aromatic rings. The summed E-state index contributed by atoms with van der Waals surface area (Å²) in [6, 6.07) is 0.0693. The van der Waals surface area contributed by atoms with Gasteiger partial charge < -0.3 is 16.1 Å². The van der Waals surface area contributed by atoms with Crippen LogP contribution in [0.4, 0.5) is 11.6 Å². The Morgan fingerprint density at radius 2 is 2.27 bits per heavy atom. The van der Waals surface area contributed by atoms with Crippen molar-refractivity contribution in [2.75, 3.05) is 17.3 Å². The van der Waals surface area contributed by atoms with E-state index in [1.165, 1.54) is 6.20 Å². The van der Waals surface area contributed by atoms with Crippen LogP contribution in [0, 0.1) is 0 Å². The van der Waals surface area contributed by atoms with Gasteiger partial charge in [-0.2, -0.15) is 0 Å². The molecule has 1 amide bonds. The van der Waals surface area contributed by atoms with Crippen LogP contribution in [0.25, 0.3) is 0 Å². The molecule has 1 saturated heterocycles. The first kappa shape index (κ1) is 9.66. The van der Waals surface area contributed by atoms with Crippen LogP contribution in [0.2, 0.25) is 0 Å². The van der Waals surface area contributed by atoms with Crippen LogP contribution in [-0.4, -0.2) is 28.5 Å². The quantitative estimate of drug-likeness (QED) is 0.377. The Labute approximate surface area is 86.4 Å². The molecular weight excluding hydrogens is 196 g/mol. The van der Waals surface area contributed by atoms with Crippen molar-refractivity contribution in [1.82, 2.24) is 15.3 Å². The maximum absolute atomic E-state index is 10.9. The van der Waals surface area contributed by atoms with Crippen LogP contribution in [0.1, 0.15) is 6.42 Å². The summed E-state index contributed by atoms with van der Waals surface area (Å²) in [5.74, 6) is 6.34. The minimum absolute atomic E-state index is 0.0496. The summed E-state index contributed by atoms with van der Waals surface area (Å²) < 4.78 is 0. The molecule has 0 bridgehead atoms. The first-order valence-corrected chi connectivity index (χ1v) is 4.60. The monoisotopic (exact) mass is 208 g/mol. The number of carbonyl (C=O) groups is 1. The number of amides is 1. The van der Waals surface area contributed by atoms with E-state index in [0.717, 1.165) is 0 Å². The SMILES string of the molecule is NNc1cncc(NC2CNC(=O)C2)n1. The van der Waals surface area contributed by atoms with Gasteiger partial charge in [-0.15, -0.1) is 0 Å². The van der Waals surface area contributed by atoms with Crippen molar-refractivity contribution >= 4 is 17.5 Å². The smallest absolute Gasteiger partial charge is 0.222 e. The zero-order valence-corrected chi connectivity index (χ0v) is 8.03. The van der Waals surface area contributed by atoms with Crippen LogP contribution in [0.5, 0.6) is 0 Å². The summed E-state index contributed by atoms with van der Waals surface area (Å²) in [5, 5.41) is 5.82. The van der Waals surface area contributed by atoms with Crippen molar-refractivity contribution in [1.29, 1.82) is 0 Å². The molecular formula is C8H12N6O. The molecule has 7 heteroatoms. The number of aromatic nitrogens is 2. The average Bonchev–Trinajstić information content (AvgIpc) is 2.64. The van der Waals surface area contributed by atoms with Crippen molar-refractivity contribution in [3.63, 3.8) is 0 Å². The Balaban J connectivity index is 2.01. The maximum atomic E-state index is 10.9. The van der Waals surface area contributed by atoms with Gasteiger partial charge in [-0.25, -0.2) is 10.8 Å². The van der Waals surface area contributed by atoms with E-state index in [2.05, 4.69) is 26.0 Å². The number of nitrogens with one attached hydrogen (secondary N) is 3. The predicted molar refractivity (Wildman–Crippen MR) is 54.9 cm³/mol. The molecule has 0 radical (unpaired) electrons. The van der Waals surface area contributed by atoms with Gasteiger partial charge in [-0.3, -0.25) is 9.78 Å². The van der Waals surface area contributed by atoms with Crippen LogP contribution >= 0.6 is 0 Å². The van der Waals surface area contributed by atoms with E-state index >= 15 is 0 Å². The number of hydrogen-bond donors (Lipinski definition) is 4. The summed E-state index contributed by atoms with van der Waals surface area (Å²) in [6.45, 7) is 0.612. The first-order valence-electron chi connectivity index (χ1n) is 4.60. The minimum atomic E-state index is 0.0496. The second-order valence-corrected chi connectivity index (χ2v) is 3.28. The topological polar surface area (TPSA) is 105 Å². The van der Waals surface area contributed by atoms with Crippen LogP contribution < -0.4 is 21.9 Å². The van der Waals surface area contributed by atoms with E-state index in [9.17, 15) is 4.79 Å². The highest BCUT2D eigenvalue weighted by Crippen LogP contribution is 2.10. The van der Waals surface area contributed by atoms with Crippen LogP contribution in [-0.2, 0) is 4.79 Å². The number of hydrazine groups is 1. The fourth-order valence-electron chi connectivity index (χ4n) is 1.42. The molecule has 1 fully saturated rings. The Morgan fingerprint density at radius 1 is 1.47 bits per heavy atom. The number of carbonyl (C=O) groups excluding carboxylic acids is 1. The van der Waals surface area contributed by atoms with E-state index in [0.29, 0.717) is 24.6 Å². The van der Waals surface area contributed by atoms with Gasteiger partial charge >= 0.3 is 0 Å². The Hall–Kier alpha value is -1.89. The molecule has 15 heavy (non-hydrogen) atoms. The lowest BCUT2D eigenvalue weighted by atomic mass is 10.2. The van der Waals surface area contributed by atoms with Gasteiger partial charge in [-0.05, 0) is 0 Å².